The molecule has 0 unspecified atom stereocenters. The third-order valence-corrected chi connectivity index (χ3v) is 3.00. The summed E-state index contributed by atoms with van der Waals surface area (Å²) in [7, 11) is 0. The number of nitrogens with zero attached hydrogens (tertiary/aromatic N) is 3. The van der Waals surface area contributed by atoms with Gasteiger partial charge < -0.3 is 10.2 Å². The van der Waals surface area contributed by atoms with Crippen molar-refractivity contribution < 1.29 is 4.42 Å². The molecule has 2 N–H and O–H groups in total. The molecule has 3 heterocycles. The van der Waals surface area contributed by atoms with Gasteiger partial charge in [-0.25, -0.2) is 4.98 Å². The van der Waals surface area contributed by atoms with Gasteiger partial charge >= 0.3 is 0 Å². The normalized spacial score (nSPS) is 10.8. The van der Waals surface area contributed by atoms with Gasteiger partial charge in [0.15, 0.2) is 11.6 Å². The molecule has 0 bridgehead atoms. The molecule has 5 nitrogen and oxygen atoms in total. The van der Waals surface area contributed by atoms with Crippen LogP contribution < -0.4 is 5.73 Å². The topological polar surface area (TPSA) is 69.9 Å². The standard InChI is InChI=1S/C14H14N4O/c1-2-10-13(11-6-5-9-19-11)17-18(14(10)15)12-7-3-4-8-16-12/h3-9H,2,15H2,1H3. The van der Waals surface area contributed by atoms with Crippen LogP contribution in [0.3, 0.4) is 0 Å². The lowest BCUT2D eigenvalue weighted by Gasteiger charge is -2.02. The maximum Gasteiger partial charge on any atom is 0.155 e. The van der Waals surface area contributed by atoms with E-state index in [1.807, 2.05) is 37.3 Å². The Morgan fingerprint density at radius 1 is 1.26 bits per heavy atom. The fraction of sp³-hybridized carbons (Fsp3) is 0.143. The number of pyridine rings is 1. The Morgan fingerprint density at radius 2 is 2.16 bits per heavy atom. The predicted octanol–water partition coefficient (Wildman–Crippen LogP) is 2.67. The molecule has 0 radical (unpaired) electrons. The van der Waals surface area contributed by atoms with E-state index >= 15 is 0 Å². The third kappa shape index (κ3) is 1.89. The number of rotatable bonds is 3. The van der Waals surface area contributed by atoms with Crippen molar-refractivity contribution in [1.29, 1.82) is 0 Å². The van der Waals surface area contributed by atoms with Crippen molar-refractivity contribution >= 4 is 5.82 Å². The Hall–Kier alpha value is -2.56. The van der Waals surface area contributed by atoms with E-state index in [0.29, 0.717) is 11.6 Å². The molecule has 0 saturated heterocycles. The van der Waals surface area contributed by atoms with Crippen molar-refractivity contribution in [3.05, 3.63) is 48.4 Å². The van der Waals surface area contributed by atoms with Crippen LogP contribution in [0, 0.1) is 0 Å². The second-order valence-corrected chi connectivity index (χ2v) is 4.14. The van der Waals surface area contributed by atoms with Crippen molar-refractivity contribution in [2.24, 2.45) is 0 Å². The van der Waals surface area contributed by atoms with Gasteiger partial charge in [-0.2, -0.15) is 9.78 Å². The SMILES string of the molecule is CCc1c(-c2ccco2)nn(-c2ccccn2)c1N. The van der Waals surface area contributed by atoms with Crippen molar-refractivity contribution in [2.75, 3.05) is 5.73 Å². The summed E-state index contributed by atoms with van der Waals surface area (Å²) in [5.74, 6) is 2.03. The summed E-state index contributed by atoms with van der Waals surface area (Å²) in [5.41, 5.74) is 7.92. The molecule has 0 aliphatic rings. The van der Waals surface area contributed by atoms with E-state index in [4.69, 9.17) is 10.2 Å². The molecule has 0 saturated carbocycles. The molecule has 3 rings (SSSR count). The minimum absolute atomic E-state index is 0.604. The second kappa shape index (κ2) is 4.61. The largest absolute Gasteiger partial charge is 0.463 e. The van der Waals surface area contributed by atoms with Gasteiger partial charge in [-0.3, -0.25) is 0 Å². The molecule has 96 valence electrons. The van der Waals surface area contributed by atoms with Crippen LogP contribution in [0.15, 0.2) is 47.2 Å². The summed E-state index contributed by atoms with van der Waals surface area (Å²) >= 11 is 0. The second-order valence-electron chi connectivity index (χ2n) is 4.14. The molecule has 3 aromatic rings. The van der Waals surface area contributed by atoms with Crippen molar-refractivity contribution in [3.63, 3.8) is 0 Å². The molecule has 19 heavy (non-hydrogen) atoms. The van der Waals surface area contributed by atoms with E-state index in [9.17, 15) is 0 Å². The maximum absolute atomic E-state index is 6.17. The highest BCUT2D eigenvalue weighted by Gasteiger charge is 2.18. The number of hydrogen-bond acceptors (Lipinski definition) is 4. The predicted molar refractivity (Wildman–Crippen MR) is 72.9 cm³/mol. The van der Waals surface area contributed by atoms with Crippen molar-refractivity contribution in [2.45, 2.75) is 13.3 Å². The fourth-order valence-electron chi connectivity index (χ4n) is 2.08. The highest BCUT2D eigenvalue weighted by molar-refractivity contribution is 5.65. The molecule has 3 aromatic heterocycles. The van der Waals surface area contributed by atoms with Crippen LogP contribution in [0.1, 0.15) is 12.5 Å². The quantitative estimate of drug-likeness (QED) is 0.780. The van der Waals surface area contributed by atoms with Crippen LogP contribution in [-0.4, -0.2) is 14.8 Å². The molecular weight excluding hydrogens is 240 g/mol. The smallest absolute Gasteiger partial charge is 0.155 e. The molecule has 0 fully saturated rings. The summed E-state index contributed by atoms with van der Waals surface area (Å²) in [4.78, 5) is 4.27. The van der Waals surface area contributed by atoms with Gasteiger partial charge in [0.05, 0.1) is 6.26 Å². The van der Waals surface area contributed by atoms with Crippen LogP contribution in [-0.2, 0) is 6.42 Å². The lowest BCUT2D eigenvalue weighted by atomic mass is 10.1. The van der Waals surface area contributed by atoms with E-state index < -0.39 is 0 Å². The summed E-state index contributed by atoms with van der Waals surface area (Å²) in [6.45, 7) is 2.04. The minimum Gasteiger partial charge on any atom is -0.463 e. The number of hydrogen-bond donors (Lipinski definition) is 1. The molecule has 0 amide bonds. The Morgan fingerprint density at radius 3 is 2.79 bits per heavy atom. The summed E-state index contributed by atoms with van der Waals surface area (Å²) in [6.07, 6.45) is 4.13. The Labute approximate surface area is 110 Å². The molecule has 0 aliphatic carbocycles. The maximum atomic E-state index is 6.17. The van der Waals surface area contributed by atoms with E-state index in [0.717, 1.165) is 23.4 Å². The number of furan rings is 1. The van der Waals surface area contributed by atoms with Crippen molar-refractivity contribution in [1.82, 2.24) is 14.8 Å². The van der Waals surface area contributed by atoms with E-state index in [2.05, 4.69) is 10.1 Å². The number of nitrogens with two attached hydrogens (primary N) is 1. The van der Waals surface area contributed by atoms with E-state index in [1.54, 1.807) is 17.1 Å². The van der Waals surface area contributed by atoms with Crippen LogP contribution in [0.25, 0.3) is 17.3 Å². The first-order valence-corrected chi connectivity index (χ1v) is 6.14. The Bertz CT molecular complexity index is 671. The van der Waals surface area contributed by atoms with Gasteiger partial charge in [-0.05, 0) is 30.7 Å². The number of anilines is 1. The average Bonchev–Trinajstić information content (AvgIpc) is 3.07. The summed E-state index contributed by atoms with van der Waals surface area (Å²) in [6, 6.07) is 9.35. The highest BCUT2D eigenvalue weighted by atomic mass is 16.3. The van der Waals surface area contributed by atoms with Crippen LogP contribution >= 0.6 is 0 Å². The molecule has 0 spiro atoms. The molecule has 0 aliphatic heterocycles. The molecule has 5 heteroatoms. The molecular formula is C14H14N4O. The van der Waals surface area contributed by atoms with Crippen LogP contribution in [0.2, 0.25) is 0 Å². The Kier molecular flexibility index (Phi) is 2.79. The lowest BCUT2D eigenvalue weighted by Crippen LogP contribution is -2.04. The number of aromatic nitrogens is 3. The van der Waals surface area contributed by atoms with Gasteiger partial charge in [-0.15, -0.1) is 0 Å². The zero-order valence-electron chi connectivity index (χ0n) is 10.6. The van der Waals surface area contributed by atoms with Gasteiger partial charge in [0, 0.05) is 11.8 Å². The average molecular weight is 254 g/mol. The van der Waals surface area contributed by atoms with Gasteiger partial charge in [0.25, 0.3) is 0 Å². The van der Waals surface area contributed by atoms with Gasteiger partial charge in [-0.1, -0.05) is 13.0 Å². The highest BCUT2D eigenvalue weighted by Crippen LogP contribution is 2.29. The first-order chi connectivity index (χ1) is 9.31. The number of nitrogen functional groups attached to an aromatic ring is 1. The van der Waals surface area contributed by atoms with Gasteiger partial charge in [0.2, 0.25) is 0 Å². The monoisotopic (exact) mass is 254 g/mol. The van der Waals surface area contributed by atoms with Crippen LogP contribution in [0.4, 0.5) is 5.82 Å². The fourth-order valence-corrected chi connectivity index (χ4v) is 2.08. The lowest BCUT2D eigenvalue weighted by molar-refractivity contribution is 0.578. The third-order valence-electron chi connectivity index (χ3n) is 3.00. The summed E-state index contributed by atoms with van der Waals surface area (Å²) < 4.78 is 7.06. The Balaban J connectivity index is 2.18. The van der Waals surface area contributed by atoms with Crippen molar-refractivity contribution in [3.8, 4) is 17.3 Å². The molecule has 0 aromatic carbocycles. The minimum atomic E-state index is 0.604. The first-order valence-electron chi connectivity index (χ1n) is 6.14. The molecule has 0 atom stereocenters. The summed E-state index contributed by atoms with van der Waals surface area (Å²) in [5, 5.41) is 4.53. The van der Waals surface area contributed by atoms with E-state index in [-0.39, 0.29) is 0 Å². The zero-order chi connectivity index (χ0) is 13.2. The zero-order valence-corrected chi connectivity index (χ0v) is 10.6. The first kappa shape index (κ1) is 11.5. The van der Waals surface area contributed by atoms with Gasteiger partial charge in [0.1, 0.15) is 11.5 Å². The van der Waals surface area contributed by atoms with Crippen LogP contribution in [0.5, 0.6) is 0 Å². The van der Waals surface area contributed by atoms with E-state index in [1.165, 1.54) is 0 Å².